The first kappa shape index (κ1) is 17.6. The normalized spacial score (nSPS) is 10.6. The van der Waals surface area contributed by atoms with Gasteiger partial charge in [0.05, 0.1) is 36.0 Å². The number of carbonyl (C=O) groups excluding carboxylic acids is 2. The van der Waals surface area contributed by atoms with Crippen molar-refractivity contribution >= 4 is 33.6 Å². The first-order valence-corrected chi connectivity index (χ1v) is 6.37. The number of ether oxygens (including phenoxy) is 2. The molecular weight excluding hydrogens is 366 g/mol. The highest BCUT2D eigenvalue weighted by Gasteiger charge is 2.21. The van der Waals surface area contributed by atoms with Gasteiger partial charge in [-0.15, -0.1) is 0 Å². The van der Waals surface area contributed by atoms with Crippen molar-refractivity contribution in [1.29, 1.82) is 5.26 Å². The van der Waals surface area contributed by atoms with E-state index in [1.807, 2.05) is 0 Å². The number of benzene rings is 1. The van der Waals surface area contributed by atoms with Gasteiger partial charge in [-0.25, -0.2) is 18.4 Å². The Labute approximate surface area is 132 Å². The van der Waals surface area contributed by atoms with Crippen LogP contribution in [0.15, 0.2) is 22.3 Å². The summed E-state index contributed by atoms with van der Waals surface area (Å²) in [6, 6.07) is 2.13. The number of halogens is 3. The standard InChI is InChI=1S/C13H9BrF2N2O4/c1-21-9(19)4-8(13(20)22-2)18-12-7(15)3-6(5-17)11(16)10(12)14/h3-4,18H,1-2H3/b8-4+. The molecule has 0 aliphatic carbocycles. The number of nitrogens with zero attached hydrogens (tertiary/aromatic N) is 1. The van der Waals surface area contributed by atoms with Gasteiger partial charge in [-0.3, -0.25) is 0 Å². The van der Waals surface area contributed by atoms with E-state index in [1.165, 1.54) is 6.07 Å². The maximum absolute atomic E-state index is 13.9. The number of hydrogen-bond donors (Lipinski definition) is 1. The average Bonchev–Trinajstić information content (AvgIpc) is 2.52. The zero-order chi connectivity index (χ0) is 16.9. The number of carbonyl (C=O) groups is 2. The first-order valence-electron chi connectivity index (χ1n) is 5.58. The predicted molar refractivity (Wildman–Crippen MR) is 74.5 cm³/mol. The second-order valence-corrected chi connectivity index (χ2v) is 4.51. The van der Waals surface area contributed by atoms with Crippen molar-refractivity contribution in [3.8, 4) is 6.07 Å². The van der Waals surface area contributed by atoms with Gasteiger partial charge in [0.25, 0.3) is 0 Å². The van der Waals surface area contributed by atoms with E-state index in [2.05, 4.69) is 30.7 Å². The van der Waals surface area contributed by atoms with Gasteiger partial charge in [-0.1, -0.05) is 0 Å². The number of rotatable bonds is 4. The van der Waals surface area contributed by atoms with Gasteiger partial charge in [0, 0.05) is 0 Å². The lowest BCUT2D eigenvalue weighted by molar-refractivity contribution is -0.138. The third kappa shape index (κ3) is 3.79. The average molecular weight is 375 g/mol. The highest BCUT2D eigenvalue weighted by molar-refractivity contribution is 9.10. The molecule has 1 aromatic rings. The summed E-state index contributed by atoms with van der Waals surface area (Å²) in [6.45, 7) is 0. The Morgan fingerprint density at radius 2 is 2.00 bits per heavy atom. The number of nitriles is 1. The summed E-state index contributed by atoms with van der Waals surface area (Å²) >= 11 is 2.78. The molecule has 0 saturated carbocycles. The number of hydrogen-bond acceptors (Lipinski definition) is 6. The van der Waals surface area contributed by atoms with E-state index in [0.29, 0.717) is 12.1 Å². The maximum Gasteiger partial charge on any atom is 0.354 e. The predicted octanol–water partition coefficient (Wildman–Crippen LogP) is 2.24. The van der Waals surface area contributed by atoms with E-state index < -0.39 is 45.0 Å². The van der Waals surface area contributed by atoms with Crippen LogP contribution in [0.3, 0.4) is 0 Å². The number of esters is 2. The molecule has 0 fully saturated rings. The number of anilines is 1. The third-order valence-corrected chi connectivity index (χ3v) is 3.15. The van der Waals surface area contributed by atoms with Crippen molar-refractivity contribution in [2.24, 2.45) is 0 Å². The van der Waals surface area contributed by atoms with E-state index in [0.717, 1.165) is 14.2 Å². The fourth-order valence-corrected chi connectivity index (χ4v) is 1.86. The van der Waals surface area contributed by atoms with Gasteiger partial charge in [-0.2, -0.15) is 5.26 Å². The molecule has 116 valence electrons. The molecule has 22 heavy (non-hydrogen) atoms. The maximum atomic E-state index is 13.9. The molecule has 0 aromatic heterocycles. The Balaban J connectivity index is 3.34. The Morgan fingerprint density at radius 1 is 1.36 bits per heavy atom. The largest absolute Gasteiger partial charge is 0.466 e. The number of nitrogens with one attached hydrogen (secondary N) is 1. The minimum absolute atomic E-state index is 0.413. The molecule has 0 bridgehead atoms. The lowest BCUT2D eigenvalue weighted by Crippen LogP contribution is -2.17. The molecule has 0 radical (unpaired) electrons. The van der Waals surface area contributed by atoms with Crippen LogP contribution < -0.4 is 5.32 Å². The molecule has 0 amide bonds. The summed E-state index contributed by atoms with van der Waals surface area (Å²) in [6.07, 6.45) is 0.716. The molecule has 0 aliphatic rings. The van der Waals surface area contributed by atoms with Crippen LogP contribution in [-0.2, 0) is 19.1 Å². The SMILES string of the molecule is COC(=O)/C=C(/Nc1c(F)cc(C#N)c(F)c1Br)C(=O)OC. The van der Waals surface area contributed by atoms with Crippen LogP contribution in [0, 0.1) is 23.0 Å². The lowest BCUT2D eigenvalue weighted by atomic mass is 10.2. The fourth-order valence-electron chi connectivity index (χ4n) is 1.36. The van der Waals surface area contributed by atoms with Gasteiger partial charge < -0.3 is 14.8 Å². The quantitative estimate of drug-likeness (QED) is 0.493. The first-order chi connectivity index (χ1) is 10.3. The minimum Gasteiger partial charge on any atom is -0.466 e. The van der Waals surface area contributed by atoms with Crippen molar-refractivity contribution in [3.05, 3.63) is 39.5 Å². The second kappa shape index (κ2) is 7.51. The van der Waals surface area contributed by atoms with Gasteiger partial charge in [-0.05, 0) is 22.0 Å². The summed E-state index contributed by atoms with van der Waals surface area (Å²) in [5.41, 5.74) is -1.47. The van der Waals surface area contributed by atoms with Crippen molar-refractivity contribution in [2.45, 2.75) is 0 Å². The van der Waals surface area contributed by atoms with Gasteiger partial charge >= 0.3 is 11.9 Å². The Kier molecular flexibility index (Phi) is 6.00. The molecule has 6 nitrogen and oxygen atoms in total. The highest BCUT2D eigenvalue weighted by Crippen LogP contribution is 2.31. The molecule has 0 atom stereocenters. The summed E-state index contributed by atoms with van der Waals surface area (Å²) < 4.78 is 36.1. The molecule has 0 spiro atoms. The molecular formula is C13H9BrF2N2O4. The van der Waals surface area contributed by atoms with E-state index in [4.69, 9.17) is 5.26 Å². The van der Waals surface area contributed by atoms with Crippen LogP contribution in [0.5, 0.6) is 0 Å². The molecule has 0 heterocycles. The Morgan fingerprint density at radius 3 is 2.50 bits per heavy atom. The van der Waals surface area contributed by atoms with Crippen LogP contribution in [0.4, 0.5) is 14.5 Å². The summed E-state index contributed by atoms with van der Waals surface area (Å²) in [7, 11) is 2.12. The fraction of sp³-hybridized carbons (Fsp3) is 0.154. The van der Waals surface area contributed by atoms with Crippen LogP contribution in [0.1, 0.15) is 5.56 Å². The van der Waals surface area contributed by atoms with Crippen molar-refractivity contribution in [2.75, 3.05) is 19.5 Å². The zero-order valence-electron chi connectivity index (χ0n) is 11.4. The molecule has 0 unspecified atom stereocenters. The monoisotopic (exact) mass is 374 g/mol. The molecule has 1 N–H and O–H groups in total. The Hall–Kier alpha value is -2.47. The summed E-state index contributed by atoms with van der Waals surface area (Å²) in [5.74, 6) is -3.93. The summed E-state index contributed by atoms with van der Waals surface area (Å²) in [5, 5.41) is 10.9. The zero-order valence-corrected chi connectivity index (χ0v) is 13.0. The smallest absolute Gasteiger partial charge is 0.354 e. The van der Waals surface area contributed by atoms with E-state index >= 15 is 0 Å². The van der Waals surface area contributed by atoms with E-state index in [9.17, 15) is 18.4 Å². The van der Waals surface area contributed by atoms with Crippen molar-refractivity contribution in [1.82, 2.24) is 0 Å². The number of methoxy groups -OCH3 is 2. The van der Waals surface area contributed by atoms with E-state index in [1.54, 1.807) is 0 Å². The Bertz CT molecular complexity index is 698. The van der Waals surface area contributed by atoms with Gasteiger partial charge in [0.1, 0.15) is 17.6 Å². The van der Waals surface area contributed by atoms with Crippen LogP contribution in [0.2, 0.25) is 0 Å². The third-order valence-electron chi connectivity index (χ3n) is 2.41. The van der Waals surface area contributed by atoms with Gasteiger partial charge in [0.15, 0.2) is 5.82 Å². The van der Waals surface area contributed by atoms with Crippen LogP contribution >= 0.6 is 15.9 Å². The van der Waals surface area contributed by atoms with Crippen LogP contribution in [0.25, 0.3) is 0 Å². The second-order valence-electron chi connectivity index (χ2n) is 3.72. The minimum atomic E-state index is -1.02. The molecule has 9 heteroatoms. The molecule has 0 aliphatic heterocycles. The van der Waals surface area contributed by atoms with Crippen molar-refractivity contribution < 1.29 is 27.8 Å². The molecule has 1 rings (SSSR count). The lowest BCUT2D eigenvalue weighted by Gasteiger charge is -2.12. The van der Waals surface area contributed by atoms with Crippen molar-refractivity contribution in [3.63, 3.8) is 0 Å². The van der Waals surface area contributed by atoms with Gasteiger partial charge in [0.2, 0.25) is 0 Å². The summed E-state index contributed by atoms with van der Waals surface area (Å²) in [4.78, 5) is 22.8. The topological polar surface area (TPSA) is 88.4 Å². The molecule has 1 aromatic carbocycles. The molecule has 0 saturated heterocycles. The van der Waals surface area contributed by atoms with E-state index in [-0.39, 0.29) is 0 Å². The van der Waals surface area contributed by atoms with Crippen LogP contribution in [-0.4, -0.2) is 26.2 Å². The highest BCUT2D eigenvalue weighted by atomic mass is 79.9.